The van der Waals surface area contributed by atoms with Crippen molar-refractivity contribution < 1.29 is 19.1 Å². The number of ether oxygens (including phenoxy) is 2. The first kappa shape index (κ1) is 33.9. The van der Waals surface area contributed by atoms with Crippen LogP contribution in [-0.4, -0.2) is 17.5 Å². The van der Waals surface area contributed by atoms with E-state index in [0.29, 0.717) is 28.7 Å². The molecule has 0 bridgehead atoms. The van der Waals surface area contributed by atoms with Gasteiger partial charge in [-0.05, 0) is 135 Å². The van der Waals surface area contributed by atoms with Crippen molar-refractivity contribution in [2.45, 2.75) is 141 Å². The average Bonchev–Trinajstić information content (AvgIpc) is 3.05. The molecular weight excluding hydrogens is 568 g/mol. The van der Waals surface area contributed by atoms with Gasteiger partial charge in [-0.3, -0.25) is 0 Å². The Bertz CT molecular complexity index is 1500. The van der Waals surface area contributed by atoms with Gasteiger partial charge in [0, 0.05) is 0 Å². The van der Waals surface area contributed by atoms with Crippen LogP contribution in [-0.2, 0) is 16.6 Å². The lowest BCUT2D eigenvalue weighted by Crippen LogP contribution is -2.23. The first-order chi connectivity index (χ1) is 21.9. The molecule has 0 heterocycles. The quantitative estimate of drug-likeness (QED) is 0.176. The van der Waals surface area contributed by atoms with E-state index >= 15 is 0 Å². The van der Waals surface area contributed by atoms with Crippen LogP contribution in [0.4, 0.5) is 0 Å². The number of benzene rings is 3. The van der Waals surface area contributed by atoms with Gasteiger partial charge < -0.3 is 9.47 Å². The van der Waals surface area contributed by atoms with Gasteiger partial charge in [-0.15, -0.1) is 0 Å². The zero-order valence-electron chi connectivity index (χ0n) is 29.0. The van der Waals surface area contributed by atoms with E-state index in [1.165, 1.54) is 68.1 Å². The maximum Gasteiger partial charge on any atom is 0.343 e. The summed E-state index contributed by atoms with van der Waals surface area (Å²) in [6.45, 7) is 12.6. The summed E-state index contributed by atoms with van der Waals surface area (Å²) in [5.74, 6) is 0.882. The third kappa shape index (κ3) is 8.49. The van der Waals surface area contributed by atoms with Gasteiger partial charge in [-0.2, -0.15) is 0 Å². The van der Waals surface area contributed by atoms with E-state index < -0.39 is 17.5 Å². The van der Waals surface area contributed by atoms with Crippen LogP contribution < -0.4 is 4.74 Å². The molecule has 0 spiro atoms. The van der Waals surface area contributed by atoms with E-state index in [1.54, 1.807) is 29.8 Å². The van der Waals surface area contributed by atoms with Crippen molar-refractivity contribution in [1.82, 2.24) is 0 Å². The molecule has 0 atom stereocenters. The van der Waals surface area contributed by atoms with E-state index in [0.717, 1.165) is 31.2 Å². The third-order valence-electron chi connectivity index (χ3n) is 10.3. The maximum atomic E-state index is 13.3. The first-order valence-electron chi connectivity index (χ1n) is 17.8. The minimum atomic E-state index is -0.580. The molecule has 0 aromatic heterocycles. The van der Waals surface area contributed by atoms with E-state index in [1.807, 2.05) is 26.8 Å². The molecule has 0 N–H and O–H groups in total. The molecule has 3 aromatic rings. The Morgan fingerprint density at radius 3 is 1.70 bits per heavy atom. The summed E-state index contributed by atoms with van der Waals surface area (Å²) >= 11 is 0. The first-order valence-corrected chi connectivity index (χ1v) is 17.8. The topological polar surface area (TPSA) is 52.6 Å². The zero-order valence-corrected chi connectivity index (χ0v) is 29.0. The van der Waals surface area contributed by atoms with Crippen molar-refractivity contribution in [2.24, 2.45) is 0 Å². The highest BCUT2D eigenvalue weighted by molar-refractivity contribution is 5.94. The minimum Gasteiger partial charge on any atom is -0.456 e. The smallest absolute Gasteiger partial charge is 0.343 e. The lowest BCUT2D eigenvalue weighted by atomic mass is 9.73. The Balaban J connectivity index is 1.39. The molecule has 0 saturated heterocycles. The summed E-state index contributed by atoms with van der Waals surface area (Å²) in [5.41, 5.74) is 7.28. The Labute approximate surface area is 277 Å². The lowest BCUT2D eigenvalue weighted by Gasteiger charge is -2.32. The summed E-state index contributed by atoms with van der Waals surface area (Å²) in [6.07, 6.45) is 14.5. The van der Waals surface area contributed by atoms with Crippen LogP contribution >= 0.6 is 0 Å². The molecule has 5 rings (SSSR count). The second-order valence-corrected chi connectivity index (χ2v) is 15.3. The van der Waals surface area contributed by atoms with Crippen molar-refractivity contribution in [3.63, 3.8) is 0 Å². The molecule has 2 saturated carbocycles. The number of hydrogen-bond donors (Lipinski definition) is 0. The molecule has 0 aliphatic heterocycles. The monoisotopic (exact) mass is 622 g/mol. The fourth-order valence-corrected chi connectivity index (χ4v) is 7.29. The zero-order chi connectivity index (χ0) is 32.9. The molecular formula is C42H54O4. The van der Waals surface area contributed by atoms with Crippen LogP contribution in [0.3, 0.4) is 0 Å². The highest BCUT2D eigenvalue weighted by atomic mass is 16.6. The second-order valence-electron chi connectivity index (χ2n) is 15.3. The van der Waals surface area contributed by atoms with E-state index in [2.05, 4.69) is 51.1 Å². The lowest BCUT2D eigenvalue weighted by molar-refractivity contribution is 0.00691. The van der Waals surface area contributed by atoms with Crippen LogP contribution in [0.1, 0.15) is 173 Å². The Hall–Kier alpha value is -3.40. The minimum absolute atomic E-state index is 0.168. The normalized spacial score (nSPS) is 16.7. The van der Waals surface area contributed by atoms with Crippen LogP contribution in [0.15, 0.2) is 60.7 Å². The molecule has 0 amide bonds. The van der Waals surface area contributed by atoms with Gasteiger partial charge in [0.05, 0.1) is 11.1 Å². The molecule has 2 aliphatic carbocycles. The summed E-state index contributed by atoms with van der Waals surface area (Å²) < 4.78 is 11.5. The van der Waals surface area contributed by atoms with Crippen LogP contribution in [0.2, 0.25) is 0 Å². The number of rotatable bonds is 9. The molecule has 246 valence electrons. The highest BCUT2D eigenvalue weighted by Crippen LogP contribution is 2.41. The summed E-state index contributed by atoms with van der Waals surface area (Å²) in [7, 11) is 0. The van der Waals surface area contributed by atoms with Crippen molar-refractivity contribution in [3.8, 4) is 5.75 Å². The molecule has 2 aliphatic rings. The van der Waals surface area contributed by atoms with Gasteiger partial charge in [0.25, 0.3) is 0 Å². The molecule has 4 heteroatoms. The highest BCUT2D eigenvalue weighted by Gasteiger charge is 2.27. The van der Waals surface area contributed by atoms with Gasteiger partial charge in [-0.25, -0.2) is 9.59 Å². The van der Waals surface area contributed by atoms with Crippen LogP contribution in [0, 0.1) is 0 Å². The molecule has 0 unspecified atom stereocenters. The van der Waals surface area contributed by atoms with E-state index in [4.69, 9.17) is 9.47 Å². The van der Waals surface area contributed by atoms with Crippen LogP contribution in [0.5, 0.6) is 5.75 Å². The largest absolute Gasteiger partial charge is 0.456 e. The fraction of sp³-hybridized carbons (Fsp3) is 0.524. The fourth-order valence-electron chi connectivity index (χ4n) is 7.29. The van der Waals surface area contributed by atoms with Crippen LogP contribution in [0.25, 0.3) is 0 Å². The van der Waals surface area contributed by atoms with Crippen molar-refractivity contribution in [3.05, 3.63) is 99.6 Å². The van der Waals surface area contributed by atoms with Gasteiger partial charge in [0.15, 0.2) is 0 Å². The van der Waals surface area contributed by atoms with E-state index in [9.17, 15) is 9.59 Å². The van der Waals surface area contributed by atoms with Gasteiger partial charge in [0.1, 0.15) is 11.4 Å². The second kappa shape index (κ2) is 14.6. The molecule has 3 aromatic carbocycles. The number of esters is 2. The average molecular weight is 623 g/mol. The summed E-state index contributed by atoms with van der Waals surface area (Å²) in [4.78, 5) is 25.8. The SMILES string of the molecule is CCC(C)(C)c1ccc(Cc2ccc(OC(=O)c3ccc(C(=O)OC(C)(C)C)cc3)c(C3CCCCC3)c2)cc1C1CCCCC1. The van der Waals surface area contributed by atoms with E-state index in [-0.39, 0.29) is 5.41 Å². The van der Waals surface area contributed by atoms with Crippen molar-refractivity contribution in [2.75, 3.05) is 0 Å². The molecule has 0 radical (unpaired) electrons. The predicted octanol–water partition coefficient (Wildman–Crippen LogP) is 11.2. The Kier molecular flexibility index (Phi) is 10.8. The molecule has 4 nitrogen and oxygen atoms in total. The Morgan fingerprint density at radius 2 is 1.15 bits per heavy atom. The standard InChI is InChI=1S/C42H54O4/c1-7-42(5,6)37-24-18-29(27-35(37)31-14-10-8-11-15-31)26-30-19-25-38(36(28-30)32-16-12-9-13-17-32)45-39(43)33-20-22-34(23-21-33)40(44)46-41(2,3)4/h18-25,27-28,31-32H,7-17,26H2,1-6H3. The van der Waals surface area contributed by atoms with Crippen molar-refractivity contribution in [1.29, 1.82) is 0 Å². The number of carbonyl (C=O) groups is 2. The Morgan fingerprint density at radius 1 is 0.652 bits per heavy atom. The van der Waals surface area contributed by atoms with Gasteiger partial charge in [-0.1, -0.05) is 89.6 Å². The van der Waals surface area contributed by atoms with Crippen molar-refractivity contribution >= 4 is 11.9 Å². The third-order valence-corrected chi connectivity index (χ3v) is 10.3. The summed E-state index contributed by atoms with van der Waals surface area (Å²) in [5, 5.41) is 0. The molecule has 46 heavy (non-hydrogen) atoms. The molecule has 2 fully saturated rings. The predicted molar refractivity (Wildman–Crippen MR) is 187 cm³/mol. The number of hydrogen-bond acceptors (Lipinski definition) is 4. The number of carbonyl (C=O) groups excluding carboxylic acids is 2. The summed E-state index contributed by atoms with van der Waals surface area (Å²) in [6, 6.07) is 20.2. The van der Waals surface area contributed by atoms with Gasteiger partial charge in [0.2, 0.25) is 0 Å². The maximum absolute atomic E-state index is 13.3. The van der Waals surface area contributed by atoms with Gasteiger partial charge >= 0.3 is 11.9 Å².